The van der Waals surface area contributed by atoms with Gasteiger partial charge in [0.05, 0.1) is 18.1 Å². The largest absolute Gasteiger partial charge is 0.370 e. The summed E-state index contributed by atoms with van der Waals surface area (Å²) in [5.74, 6) is 0.0184. The quantitative estimate of drug-likeness (QED) is 0.847. The molecule has 0 spiro atoms. The molecule has 1 N–H and O–H groups in total. The molecule has 84 valence electrons. The molecule has 2 unspecified atom stereocenters. The summed E-state index contributed by atoms with van der Waals surface area (Å²) in [6, 6.07) is 5.90. The molecule has 0 aromatic heterocycles. The summed E-state index contributed by atoms with van der Waals surface area (Å²) in [5, 5.41) is 2.91. The highest BCUT2D eigenvalue weighted by Crippen LogP contribution is 2.43. The summed E-state index contributed by atoms with van der Waals surface area (Å²) in [4.78, 5) is 11.9. The summed E-state index contributed by atoms with van der Waals surface area (Å²) < 4.78 is 6.37. The summed E-state index contributed by atoms with van der Waals surface area (Å²) >= 11 is 3.44. The summed E-state index contributed by atoms with van der Waals surface area (Å²) in [6.07, 6.45) is 0.766. The number of amides is 1. The molecular formula is C12H12BrNO2. The predicted molar refractivity (Wildman–Crippen MR) is 64.5 cm³/mol. The molecule has 1 saturated heterocycles. The number of fused-ring (bicyclic) bond motifs is 1. The van der Waals surface area contributed by atoms with E-state index in [1.807, 2.05) is 18.2 Å². The van der Waals surface area contributed by atoms with Crippen molar-refractivity contribution in [2.45, 2.75) is 24.9 Å². The summed E-state index contributed by atoms with van der Waals surface area (Å²) in [6.45, 7) is 2.82. The van der Waals surface area contributed by atoms with E-state index in [-0.39, 0.29) is 17.4 Å². The Bertz CT molecular complexity index is 468. The monoisotopic (exact) mass is 281 g/mol. The summed E-state index contributed by atoms with van der Waals surface area (Å²) in [7, 11) is 0. The number of ether oxygens (including phenoxy) is 1. The highest BCUT2D eigenvalue weighted by Gasteiger charge is 2.45. The fourth-order valence-corrected chi connectivity index (χ4v) is 2.55. The Morgan fingerprint density at radius 2 is 2.38 bits per heavy atom. The van der Waals surface area contributed by atoms with Gasteiger partial charge >= 0.3 is 0 Å². The van der Waals surface area contributed by atoms with E-state index >= 15 is 0 Å². The normalized spacial score (nSPS) is 31.1. The molecule has 4 heteroatoms. The third-order valence-corrected chi connectivity index (χ3v) is 3.73. The van der Waals surface area contributed by atoms with Crippen LogP contribution >= 0.6 is 15.9 Å². The minimum atomic E-state index is -0.0913. The number of halogens is 1. The van der Waals surface area contributed by atoms with Crippen molar-refractivity contribution in [3.63, 3.8) is 0 Å². The van der Waals surface area contributed by atoms with Gasteiger partial charge in [-0.3, -0.25) is 4.79 Å². The second kappa shape index (κ2) is 3.31. The van der Waals surface area contributed by atoms with Gasteiger partial charge in [0.15, 0.2) is 0 Å². The van der Waals surface area contributed by atoms with Crippen molar-refractivity contribution in [2.24, 2.45) is 0 Å². The molecule has 3 nitrogen and oxygen atoms in total. The van der Waals surface area contributed by atoms with Crippen LogP contribution in [0, 0.1) is 0 Å². The average molecular weight is 282 g/mol. The third kappa shape index (κ3) is 1.66. The number of hydrogen-bond acceptors (Lipinski definition) is 2. The third-order valence-electron chi connectivity index (χ3n) is 3.24. The van der Waals surface area contributed by atoms with E-state index in [4.69, 9.17) is 4.74 Å². The first-order chi connectivity index (χ1) is 7.57. The van der Waals surface area contributed by atoms with E-state index in [0.717, 1.165) is 28.8 Å². The Balaban J connectivity index is 1.94. The van der Waals surface area contributed by atoms with E-state index in [1.54, 1.807) is 0 Å². The van der Waals surface area contributed by atoms with Crippen LogP contribution in [0.4, 0.5) is 5.69 Å². The average Bonchev–Trinajstić information content (AvgIpc) is 2.88. The molecule has 0 aliphatic carbocycles. The predicted octanol–water partition coefficient (Wildman–Crippen LogP) is 2.66. The fraction of sp³-hybridized carbons (Fsp3) is 0.417. The van der Waals surface area contributed by atoms with Crippen molar-refractivity contribution >= 4 is 27.5 Å². The van der Waals surface area contributed by atoms with Gasteiger partial charge in [0.1, 0.15) is 0 Å². The Morgan fingerprint density at radius 3 is 3.06 bits per heavy atom. The number of anilines is 1. The molecule has 0 radical (unpaired) electrons. The second-order valence-corrected chi connectivity index (χ2v) is 5.63. The molecule has 3 rings (SSSR count). The molecule has 1 aromatic rings. The lowest BCUT2D eigenvalue weighted by molar-refractivity contribution is -0.117. The standard InChI is InChI=1S/C12H12BrNO2/c1-12(6-16-12)5-9-8-4-7(13)2-3-10(8)14-11(9)15/h2-4,9H,5-6H2,1H3,(H,14,15). The number of epoxide rings is 1. The van der Waals surface area contributed by atoms with Crippen LogP contribution in [0.1, 0.15) is 24.8 Å². The van der Waals surface area contributed by atoms with Crippen LogP contribution in [0.5, 0.6) is 0 Å². The van der Waals surface area contributed by atoms with Gasteiger partial charge in [-0.2, -0.15) is 0 Å². The molecule has 2 aliphatic rings. The van der Waals surface area contributed by atoms with Crippen molar-refractivity contribution in [2.75, 3.05) is 11.9 Å². The molecule has 2 heterocycles. The van der Waals surface area contributed by atoms with Gasteiger partial charge in [0.2, 0.25) is 5.91 Å². The van der Waals surface area contributed by atoms with E-state index in [2.05, 4.69) is 28.2 Å². The number of nitrogens with one attached hydrogen (secondary N) is 1. The van der Waals surface area contributed by atoms with Crippen molar-refractivity contribution in [1.82, 2.24) is 0 Å². The number of rotatable bonds is 2. The minimum absolute atomic E-state index is 0.0694. The van der Waals surface area contributed by atoms with Gasteiger partial charge in [0.25, 0.3) is 0 Å². The molecular weight excluding hydrogens is 270 g/mol. The zero-order chi connectivity index (χ0) is 11.3. The van der Waals surface area contributed by atoms with Crippen LogP contribution in [-0.2, 0) is 9.53 Å². The number of hydrogen-bond donors (Lipinski definition) is 1. The first kappa shape index (κ1) is 10.3. The first-order valence-corrected chi connectivity index (χ1v) is 6.11. The highest BCUT2D eigenvalue weighted by molar-refractivity contribution is 9.10. The Hall–Kier alpha value is -0.870. The second-order valence-electron chi connectivity index (χ2n) is 4.72. The molecule has 1 aromatic carbocycles. The number of benzene rings is 1. The lowest BCUT2D eigenvalue weighted by Gasteiger charge is -2.11. The van der Waals surface area contributed by atoms with Crippen LogP contribution in [0.3, 0.4) is 0 Å². The van der Waals surface area contributed by atoms with E-state index in [1.165, 1.54) is 0 Å². The summed E-state index contributed by atoms with van der Waals surface area (Å²) in [5.41, 5.74) is 1.92. The molecule has 1 amide bonds. The van der Waals surface area contributed by atoms with Gasteiger partial charge < -0.3 is 10.1 Å². The fourth-order valence-electron chi connectivity index (χ4n) is 2.17. The van der Waals surface area contributed by atoms with Crippen LogP contribution in [0.25, 0.3) is 0 Å². The molecule has 16 heavy (non-hydrogen) atoms. The topological polar surface area (TPSA) is 41.6 Å². The molecule has 2 aliphatic heterocycles. The number of carbonyl (C=O) groups is 1. The maximum atomic E-state index is 11.9. The maximum absolute atomic E-state index is 11.9. The molecule has 0 saturated carbocycles. The highest BCUT2D eigenvalue weighted by atomic mass is 79.9. The van der Waals surface area contributed by atoms with Crippen molar-refractivity contribution < 1.29 is 9.53 Å². The van der Waals surface area contributed by atoms with Crippen LogP contribution in [0.15, 0.2) is 22.7 Å². The van der Waals surface area contributed by atoms with E-state index in [9.17, 15) is 4.79 Å². The lowest BCUT2D eigenvalue weighted by Crippen LogP contribution is -2.18. The minimum Gasteiger partial charge on any atom is -0.370 e. The number of carbonyl (C=O) groups excluding carboxylic acids is 1. The van der Waals surface area contributed by atoms with Crippen LogP contribution in [-0.4, -0.2) is 18.1 Å². The Kier molecular flexibility index (Phi) is 2.13. The zero-order valence-electron chi connectivity index (χ0n) is 8.92. The van der Waals surface area contributed by atoms with E-state index in [0.29, 0.717) is 0 Å². The SMILES string of the molecule is CC1(CC2C(=O)Nc3ccc(Br)cc32)CO1. The Morgan fingerprint density at radius 1 is 1.62 bits per heavy atom. The van der Waals surface area contributed by atoms with E-state index < -0.39 is 0 Å². The van der Waals surface area contributed by atoms with Gasteiger partial charge in [-0.1, -0.05) is 15.9 Å². The zero-order valence-corrected chi connectivity index (χ0v) is 10.5. The smallest absolute Gasteiger partial charge is 0.232 e. The lowest BCUT2D eigenvalue weighted by atomic mass is 9.91. The van der Waals surface area contributed by atoms with Crippen LogP contribution in [0.2, 0.25) is 0 Å². The molecule has 2 atom stereocenters. The van der Waals surface area contributed by atoms with Crippen LogP contribution < -0.4 is 5.32 Å². The maximum Gasteiger partial charge on any atom is 0.232 e. The van der Waals surface area contributed by atoms with Crippen molar-refractivity contribution in [3.8, 4) is 0 Å². The van der Waals surface area contributed by atoms with Gasteiger partial charge in [-0.05, 0) is 37.1 Å². The Labute approximate surface area is 102 Å². The molecule has 0 bridgehead atoms. The molecule has 1 fully saturated rings. The first-order valence-electron chi connectivity index (χ1n) is 5.32. The van der Waals surface area contributed by atoms with Gasteiger partial charge in [0, 0.05) is 10.2 Å². The van der Waals surface area contributed by atoms with Crippen molar-refractivity contribution in [1.29, 1.82) is 0 Å². The van der Waals surface area contributed by atoms with Crippen molar-refractivity contribution in [3.05, 3.63) is 28.2 Å². The van der Waals surface area contributed by atoms with Gasteiger partial charge in [-0.15, -0.1) is 0 Å². The van der Waals surface area contributed by atoms with Gasteiger partial charge in [-0.25, -0.2) is 0 Å².